The molecule has 0 unspecified atom stereocenters. The van der Waals surface area contributed by atoms with Crippen molar-refractivity contribution in [3.63, 3.8) is 0 Å². The highest BCUT2D eigenvalue weighted by Gasteiger charge is 2.36. The number of nitrogens with one attached hydrogen (secondary N) is 2. The Morgan fingerprint density at radius 2 is 1.88 bits per heavy atom. The summed E-state index contributed by atoms with van der Waals surface area (Å²) in [6, 6.07) is 0.912. The maximum absolute atomic E-state index is 15.0. The highest BCUT2D eigenvalue weighted by molar-refractivity contribution is 5.88. The lowest BCUT2D eigenvalue weighted by molar-refractivity contribution is 0.0178. The van der Waals surface area contributed by atoms with Crippen LogP contribution < -0.4 is 20.3 Å². The fourth-order valence-corrected chi connectivity index (χ4v) is 4.98. The van der Waals surface area contributed by atoms with Gasteiger partial charge in [-0.3, -0.25) is 10.6 Å². The van der Waals surface area contributed by atoms with Crippen molar-refractivity contribution in [1.29, 1.82) is 0 Å². The summed E-state index contributed by atoms with van der Waals surface area (Å²) in [6.07, 6.45) is 4.01. The molecule has 0 aliphatic carbocycles. The summed E-state index contributed by atoms with van der Waals surface area (Å²) >= 11 is 0. The molecule has 14 heteroatoms. The molecule has 13 nitrogen and oxygen atoms in total. The van der Waals surface area contributed by atoms with Crippen molar-refractivity contribution >= 4 is 29.7 Å². The molecule has 2 aromatic rings. The van der Waals surface area contributed by atoms with Gasteiger partial charge < -0.3 is 24.2 Å². The van der Waals surface area contributed by atoms with Gasteiger partial charge in [0.1, 0.15) is 18.1 Å². The number of anilines is 3. The third kappa shape index (κ3) is 7.23. The van der Waals surface area contributed by atoms with Crippen molar-refractivity contribution in [2.45, 2.75) is 70.4 Å². The molecular weight excluding hydrogens is 521 g/mol. The van der Waals surface area contributed by atoms with Crippen LogP contribution in [0, 0.1) is 0 Å². The fourth-order valence-electron chi connectivity index (χ4n) is 4.98. The van der Waals surface area contributed by atoms with Gasteiger partial charge in [-0.2, -0.15) is 4.98 Å². The average Bonchev–Trinajstić information content (AvgIpc) is 2.93. The van der Waals surface area contributed by atoms with Crippen molar-refractivity contribution in [2.75, 3.05) is 49.3 Å². The Kier molecular flexibility index (Phi) is 9.50. The Balaban J connectivity index is 1.34. The molecule has 2 fully saturated rings. The number of likely N-dealkylation sites (tertiary alicyclic amines) is 1. The standard InChI is InChI=1S/C26H38FN9O4/c1-6-39-23-14-29-22(13-30-23)32-25(37)35(5)20-15-36(10-8-19(20)27)24-28-9-7-21(31-24)33-26(38)40-18-11-16(2)34(4)17(3)12-18/h7,9,13-14,16-20H,6,8,10-12,15H2,1-5H3,(H,29,32,37)(H,28,31,33,38)/t16-,17-,19-,20+/m1/s1. The van der Waals surface area contributed by atoms with E-state index >= 15 is 0 Å². The van der Waals surface area contributed by atoms with Crippen molar-refractivity contribution in [1.82, 2.24) is 29.7 Å². The number of hydrogen-bond donors (Lipinski definition) is 2. The van der Waals surface area contributed by atoms with E-state index in [2.05, 4.69) is 56.4 Å². The molecule has 2 aliphatic rings. The molecule has 4 atom stereocenters. The number of likely N-dealkylation sites (N-methyl/N-ethyl adjacent to an activating group) is 1. The van der Waals surface area contributed by atoms with E-state index in [-0.39, 0.29) is 30.7 Å². The normalized spacial score (nSPS) is 25.1. The summed E-state index contributed by atoms with van der Waals surface area (Å²) < 4.78 is 25.9. The predicted octanol–water partition coefficient (Wildman–Crippen LogP) is 3.17. The summed E-state index contributed by atoms with van der Waals surface area (Å²) in [5.41, 5.74) is 0. The second-order valence-corrected chi connectivity index (χ2v) is 10.3. The van der Waals surface area contributed by atoms with Gasteiger partial charge in [0.05, 0.1) is 25.0 Å². The number of alkyl halides is 1. The van der Waals surface area contributed by atoms with E-state index in [9.17, 15) is 14.0 Å². The minimum absolute atomic E-state index is 0.166. The minimum atomic E-state index is -1.24. The minimum Gasteiger partial charge on any atom is -0.477 e. The van der Waals surface area contributed by atoms with Crippen molar-refractivity contribution in [3.8, 4) is 5.88 Å². The molecule has 2 aromatic heterocycles. The molecule has 3 amide bonds. The molecular formula is C26H38FN9O4. The van der Waals surface area contributed by atoms with Gasteiger partial charge in [-0.15, -0.1) is 0 Å². The van der Waals surface area contributed by atoms with E-state index in [1.165, 1.54) is 30.5 Å². The van der Waals surface area contributed by atoms with Gasteiger partial charge in [0.2, 0.25) is 11.8 Å². The smallest absolute Gasteiger partial charge is 0.413 e. The predicted molar refractivity (Wildman–Crippen MR) is 147 cm³/mol. The Bertz CT molecular complexity index is 1150. The van der Waals surface area contributed by atoms with Gasteiger partial charge in [-0.1, -0.05) is 0 Å². The number of urea groups is 1. The van der Waals surface area contributed by atoms with E-state index in [0.717, 1.165) is 12.8 Å². The number of aromatic nitrogens is 4. The second kappa shape index (κ2) is 13.0. The van der Waals surface area contributed by atoms with Gasteiger partial charge in [0.25, 0.3) is 0 Å². The van der Waals surface area contributed by atoms with Crippen LogP contribution in [0.5, 0.6) is 5.88 Å². The third-order valence-corrected chi connectivity index (χ3v) is 7.50. The lowest BCUT2D eigenvalue weighted by atomic mass is 9.96. The first-order valence-electron chi connectivity index (χ1n) is 13.5. The first-order chi connectivity index (χ1) is 19.1. The molecule has 0 aromatic carbocycles. The number of amides is 3. The Labute approximate surface area is 233 Å². The van der Waals surface area contributed by atoms with Crippen LogP contribution in [0.25, 0.3) is 0 Å². The molecule has 218 valence electrons. The van der Waals surface area contributed by atoms with E-state index in [1.54, 1.807) is 11.0 Å². The van der Waals surface area contributed by atoms with Gasteiger partial charge in [-0.05, 0) is 53.1 Å². The molecule has 2 N–H and O–H groups in total. The zero-order chi connectivity index (χ0) is 28.8. The summed E-state index contributed by atoms with van der Waals surface area (Å²) in [5.74, 6) is 1.17. The van der Waals surface area contributed by atoms with Crippen molar-refractivity contribution < 1.29 is 23.5 Å². The van der Waals surface area contributed by atoms with Crippen LogP contribution in [-0.2, 0) is 4.74 Å². The molecule has 2 saturated heterocycles. The monoisotopic (exact) mass is 559 g/mol. The quantitative estimate of drug-likeness (QED) is 0.520. The summed E-state index contributed by atoms with van der Waals surface area (Å²) in [5, 5.41) is 5.32. The van der Waals surface area contributed by atoms with Gasteiger partial charge in [-0.25, -0.2) is 28.9 Å². The first-order valence-corrected chi connectivity index (χ1v) is 13.5. The third-order valence-electron chi connectivity index (χ3n) is 7.50. The number of halogens is 1. The van der Waals surface area contributed by atoms with E-state index in [0.29, 0.717) is 37.1 Å². The van der Waals surface area contributed by atoms with Crippen LogP contribution in [0.15, 0.2) is 24.7 Å². The summed E-state index contributed by atoms with van der Waals surface area (Å²) in [4.78, 5) is 47.7. The van der Waals surface area contributed by atoms with Crippen LogP contribution in [0.3, 0.4) is 0 Å². The highest BCUT2D eigenvalue weighted by Crippen LogP contribution is 2.25. The molecule has 4 heterocycles. The zero-order valence-electron chi connectivity index (χ0n) is 23.6. The van der Waals surface area contributed by atoms with Crippen LogP contribution in [0.2, 0.25) is 0 Å². The fraction of sp³-hybridized carbons (Fsp3) is 0.615. The maximum Gasteiger partial charge on any atom is 0.413 e. The zero-order valence-corrected chi connectivity index (χ0v) is 23.6. The van der Waals surface area contributed by atoms with Gasteiger partial charge >= 0.3 is 12.1 Å². The van der Waals surface area contributed by atoms with Gasteiger partial charge in [0, 0.05) is 38.4 Å². The lowest BCUT2D eigenvalue weighted by Gasteiger charge is -2.39. The van der Waals surface area contributed by atoms with Crippen molar-refractivity contribution in [2.24, 2.45) is 0 Å². The number of carbonyl (C=O) groups excluding carboxylic acids is 2. The number of carbonyl (C=O) groups is 2. The lowest BCUT2D eigenvalue weighted by Crippen LogP contribution is -2.55. The number of hydrogen-bond acceptors (Lipinski definition) is 10. The summed E-state index contributed by atoms with van der Waals surface area (Å²) in [6.45, 7) is 7.03. The summed E-state index contributed by atoms with van der Waals surface area (Å²) in [7, 11) is 3.60. The largest absolute Gasteiger partial charge is 0.477 e. The van der Waals surface area contributed by atoms with Crippen LogP contribution in [0.1, 0.15) is 40.0 Å². The Morgan fingerprint density at radius 3 is 2.55 bits per heavy atom. The van der Waals surface area contributed by atoms with E-state index < -0.39 is 24.3 Å². The number of ether oxygens (including phenoxy) is 2. The number of nitrogens with zero attached hydrogens (tertiary/aromatic N) is 7. The van der Waals surface area contributed by atoms with Crippen LogP contribution >= 0.6 is 0 Å². The molecule has 0 radical (unpaired) electrons. The van der Waals surface area contributed by atoms with Crippen molar-refractivity contribution in [3.05, 3.63) is 24.7 Å². The molecule has 0 spiro atoms. The second-order valence-electron chi connectivity index (χ2n) is 10.3. The maximum atomic E-state index is 15.0. The molecule has 2 aliphatic heterocycles. The average molecular weight is 560 g/mol. The molecule has 0 bridgehead atoms. The number of rotatable bonds is 7. The SMILES string of the molecule is CCOc1cnc(NC(=O)N(C)[C@H]2CN(c3nccc(NC(=O)OC4C[C@@H](C)N(C)[C@H](C)C4)n3)CC[C@H]2F)cn1. The molecule has 40 heavy (non-hydrogen) atoms. The topological polar surface area (TPSA) is 138 Å². The van der Waals surface area contributed by atoms with Gasteiger partial charge in [0.15, 0.2) is 5.82 Å². The number of piperidine rings is 2. The van der Waals surface area contributed by atoms with Crippen LogP contribution in [-0.4, -0.2) is 106 Å². The highest BCUT2D eigenvalue weighted by atomic mass is 19.1. The molecule has 4 rings (SSSR count). The first kappa shape index (κ1) is 29.2. The van der Waals surface area contributed by atoms with Crippen LogP contribution in [0.4, 0.5) is 31.6 Å². The molecule has 0 saturated carbocycles. The Hall–Kier alpha value is -3.81. The van der Waals surface area contributed by atoms with E-state index in [1.807, 2.05) is 6.92 Å². The Morgan fingerprint density at radius 1 is 1.12 bits per heavy atom. The van der Waals surface area contributed by atoms with E-state index in [4.69, 9.17) is 9.47 Å².